The monoisotopic (exact) mass is 308 g/mol. The third-order valence-corrected chi connectivity index (χ3v) is 3.34. The second-order valence-electron chi connectivity index (χ2n) is 4.81. The molecule has 0 heterocycles. The van der Waals surface area contributed by atoms with E-state index in [-0.39, 0.29) is 31.9 Å². The summed E-state index contributed by atoms with van der Waals surface area (Å²) in [6.07, 6.45) is 0. The fraction of sp³-hybridized carbons (Fsp3) is 0.250. The number of aliphatic hydroxyl groups is 2. The van der Waals surface area contributed by atoms with Crippen molar-refractivity contribution in [1.82, 2.24) is 0 Å². The molecule has 0 saturated carbocycles. The van der Waals surface area contributed by atoms with E-state index in [0.717, 1.165) is 6.07 Å². The van der Waals surface area contributed by atoms with Gasteiger partial charge >= 0.3 is 0 Å². The van der Waals surface area contributed by atoms with Gasteiger partial charge in [0, 0.05) is 35.6 Å². The number of halogens is 2. The quantitative estimate of drug-likeness (QED) is 0.714. The van der Waals surface area contributed by atoms with Crippen molar-refractivity contribution < 1.29 is 19.0 Å². The zero-order valence-electron chi connectivity index (χ0n) is 12.0. The molecule has 2 rings (SSSR count). The minimum absolute atomic E-state index is 0.0863. The fourth-order valence-electron chi connectivity index (χ4n) is 2.35. The molecule has 0 aromatic heterocycles. The number of nitrogens with zero attached hydrogens (tertiary/aromatic N) is 1. The normalized spacial score (nSPS) is 10.7. The summed E-state index contributed by atoms with van der Waals surface area (Å²) in [7, 11) is 0. The first-order valence-corrected chi connectivity index (χ1v) is 6.89. The Labute approximate surface area is 127 Å². The van der Waals surface area contributed by atoms with Gasteiger partial charge in [-0.2, -0.15) is 0 Å². The number of hydrogen-bond donors (Lipinski definition) is 3. The maximum Gasteiger partial charge on any atom is 0.166 e. The Kier molecular flexibility index (Phi) is 5.30. The molecule has 4 nitrogen and oxygen atoms in total. The van der Waals surface area contributed by atoms with E-state index in [4.69, 9.17) is 15.9 Å². The van der Waals surface area contributed by atoms with Gasteiger partial charge in [0.1, 0.15) is 0 Å². The summed E-state index contributed by atoms with van der Waals surface area (Å²) in [5.41, 5.74) is 7.25. The first kappa shape index (κ1) is 16.2. The second kappa shape index (κ2) is 7.20. The highest BCUT2D eigenvalue weighted by Crippen LogP contribution is 2.34. The van der Waals surface area contributed by atoms with E-state index < -0.39 is 11.6 Å². The van der Waals surface area contributed by atoms with Crippen molar-refractivity contribution in [1.29, 1.82) is 0 Å². The van der Waals surface area contributed by atoms with Gasteiger partial charge in [-0.1, -0.05) is 12.1 Å². The Morgan fingerprint density at radius 2 is 1.64 bits per heavy atom. The summed E-state index contributed by atoms with van der Waals surface area (Å²) in [6, 6.07) is 8.78. The largest absolute Gasteiger partial charge is 0.399 e. The molecule has 0 unspecified atom stereocenters. The molecule has 0 amide bonds. The van der Waals surface area contributed by atoms with Gasteiger partial charge in [-0.05, 0) is 24.3 Å². The number of aliphatic hydroxyl groups excluding tert-OH is 2. The molecule has 0 aliphatic heterocycles. The standard InChI is InChI=1S/C16H18F2N2O2/c17-14-3-1-2-12(16(14)18)13-10-11(19)4-5-15(13)20(6-8-21)7-9-22/h1-5,10,21-22H,6-9,19H2. The predicted octanol–water partition coefficient (Wildman–Crippen LogP) is 2.00. The average molecular weight is 308 g/mol. The summed E-state index contributed by atoms with van der Waals surface area (Å²) in [6.45, 7) is 0.258. The van der Waals surface area contributed by atoms with Gasteiger partial charge in [0.15, 0.2) is 11.6 Å². The number of nitrogens with two attached hydrogens (primary N) is 1. The lowest BCUT2D eigenvalue weighted by Crippen LogP contribution is -2.30. The molecule has 0 aliphatic carbocycles. The molecule has 0 aliphatic rings. The summed E-state index contributed by atoms with van der Waals surface area (Å²) in [5.74, 6) is -1.90. The third-order valence-electron chi connectivity index (χ3n) is 3.34. The molecule has 0 fully saturated rings. The van der Waals surface area contributed by atoms with E-state index in [2.05, 4.69) is 0 Å². The lowest BCUT2D eigenvalue weighted by atomic mass is 10.0. The lowest BCUT2D eigenvalue weighted by Gasteiger charge is -2.26. The topological polar surface area (TPSA) is 69.7 Å². The van der Waals surface area contributed by atoms with Crippen LogP contribution >= 0.6 is 0 Å². The number of anilines is 2. The van der Waals surface area contributed by atoms with E-state index in [0.29, 0.717) is 16.9 Å². The maximum atomic E-state index is 14.1. The van der Waals surface area contributed by atoms with Crippen LogP contribution < -0.4 is 10.6 Å². The molecular formula is C16H18F2N2O2. The molecule has 2 aromatic rings. The van der Waals surface area contributed by atoms with Crippen LogP contribution in [0.15, 0.2) is 36.4 Å². The molecule has 4 N–H and O–H groups in total. The lowest BCUT2D eigenvalue weighted by molar-refractivity contribution is 0.281. The SMILES string of the molecule is Nc1ccc(N(CCO)CCO)c(-c2cccc(F)c2F)c1. The van der Waals surface area contributed by atoms with Crippen molar-refractivity contribution in [2.24, 2.45) is 0 Å². The van der Waals surface area contributed by atoms with Crippen molar-refractivity contribution in [2.75, 3.05) is 36.9 Å². The summed E-state index contributed by atoms with van der Waals surface area (Å²) < 4.78 is 27.6. The Morgan fingerprint density at radius 3 is 2.27 bits per heavy atom. The van der Waals surface area contributed by atoms with Crippen LogP contribution in [-0.2, 0) is 0 Å². The van der Waals surface area contributed by atoms with E-state index in [1.54, 1.807) is 23.1 Å². The molecule has 0 saturated heterocycles. The molecule has 6 heteroatoms. The average Bonchev–Trinajstić information content (AvgIpc) is 2.50. The minimum atomic E-state index is -0.956. The van der Waals surface area contributed by atoms with Crippen molar-refractivity contribution in [2.45, 2.75) is 0 Å². The van der Waals surface area contributed by atoms with Crippen molar-refractivity contribution in [3.63, 3.8) is 0 Å². The van der Waals surface area contributed by atoms with Crippen LogP contribution in [0, 0.1) is 11.6 Å². The Bertz CT molecular complexity index is 644. The first-order valence-electron chi connectivity index (χ1n) is 6.89. The van der Waals surface area contributed by atoms with E-state index in [1.165, 1.54) is 12.1 Å². The van der Waals surface area contributed by atoms with Crippen LogP contribution in [0.2, 0.25) is 0 Å². The molecule has 22 heavy (non-hydrogen) atoms. The summed E-state index contributed by atoms with van der Waals surface area (Å²) in [5, 5.41) is 18.3. The highest BCUT2D eigenvalue weighted by molar-refractivity contribution is 5.81. The maximum absolute atomic E-state index is 14.1. The molecule has 118 valence electrons. The minimum Gasteiger partial charge on any atom is -0.399 e. The van der Waals surface area contributed by atoms with Crippen LogP contribution in [0.25, 0.3) is 11.1 Å². The first-order chi connectivity index (χ1) is 10.6. The van der Waals surface area contributed by atoms with Gasteiger partial charge in [-0.3, -0.25) is 0 Å². The number of hydrogen-bond acceptors (Lipinski definition) is 4. The van der Waals surface area contributed by atoms with Gasteiger partial charge < -0.3 is 20.8 Å². The van der Waals surface area contributed by atoms with Crippen LogP contribution in [0.1, 0.15) is 0 Å². The van der Waals surface area contributed by atoms with Crippen LogP contribution in [0.5, 0.6) is 0 Å². The van der Waals surface area contributed by atoms with Gasteiger partial charge in [-0.25, -0.2) is 8.78 Å². The zero-order chi connectivity index (χ0) is 16.1. The van der Waals surface area contributed by atoms with E-state index in [9.17, 15) is 8.78 Å². The smallest absolute Gasteiger partial charge is 0.166 e. The highest BCUT2D eigenvalue weighted by atomic mass is 19.2. The van der Waals surface area contributed by atoms with E-state index >= 15 is 0 Å². The summed E-state index contributed by atoms with van der Waals surface area (Å²) >= 11 is 0. The molecular weight excluding hydrogens is 290 g/mol. The number of benzene rings is 2. The molecule has 0 bridgehead atoms. The number of nitrogen functional groups attached to an aromatic ring is 1. The second-order valence-corrected chi connectivity index (χ2v) is 4.81. The number of rotatable bonds is 6. The van der Waals surface area contributed by atoms with Gasteiger partial charge in [0.05, 0.1) is 13.2 Å². The Hall–Kier alpha value is -2.18. The van der Waals surface area contributed by atoms with Crippen LogP contribution in [0.3, 0.4) is 0 Å². The highest BCUT2D eigenvalue weighted by Gasteiger charge is 2.17. The molecule has 0 radical (unpaired) electrons. The van der Waals surface area contributed by atoms with Crippen LogP contribution in [-0.4, -0.2) is 36.5 Å². The van der Waals surface area contributed by atoms with Gasteiger partial charge in [0.25, 0.3) is 0 Å². The van der Waals surface area contributed by atoms with Crippen molar-refractivity contribution >= 4 is 11.4 Å². The van der Waals surface area contributed by atoms with Crippen LogP contribution in [0.4, 0.5) is 20.2 Å². The molecule has 2 aromatic carbocycles. The van der Waals surface area contributed by atoms with Gasteiger partial charge in [-0.15, -0.1) is 0 Å². The Balaban J connectivity index is 2.59. The van der Waals surface area contributed by atoms with Gasteiger partial charge in [0.2, 0.25) is 0 Å². The van der Waals surface area contributed by atoms with E-state index in [1.807, 2.05) is 0 Å². The predicted molar refractivity (Wildman–Crippen MR) is 82.6 cm³/mol. The molecule has 0 spiro atoms. The summed E-state index contributed by atoms with van der Waals surface area (Å²) in [4.78, 5) is 1.69. The zero-order valence-corrected chi connectivity index (χ0v) is 12.0. The molecule has 0 atom stereocenters. The fourth-order valence-corrected chi connectivity index (χ4v) is 2.35. The Morgan fingerprint density at radius 1 is 0.955 bits per heavy atom. The third kappa shape index (κ3) is 3.35. The van der Waals surface area contributed by atoms with Crippen molar-refractivity contribution in [3.8, 4) is 11.1 Å². The van der Waals surface area contributed by atoms with Crippen molar-refractivity contribution in [3.05, 3.63) is 48.0 Å².